The second-order valence-corrected chi connectivity index (χ2v) is 7.00. The lowest BCUT2D eigenvalue weighted by Gasteiger charge is -2.17. The topological polar surface area (TPSA) is 62.3 Å². The van der Waals surface area contributed by atoms with Crippen molar-refractivity contribution in [2.24, 2.45) is 0 Å². The summed E-state index contributed by atoms with van der Waals surface area (Å²) in [6.07, 6.45) is 1.63. The van der Waals surface area contributed by atoms with Gasteiger partial charge in [-0.1, -0.05) is 17.8 Å². The van der Waals surface area contributed by atoms with E-state index >= 15 is 0 Å². The molecule has 1 aliphatic rings. The van der Waals surface area contributed by atoms with Gasteiger partial charge in [-0.15, -0.1) is 0 Å². The lowest BCUT2D eigenvalue weighted by molar-refractivity contribution is 0.0988. The number of carbonyl (C=O) groups is 2. The molecule has 27 heavy (non-hydrogen) atoms. The number of hydrogen-bond acceptors (Lipinski definition) is 4. The zero-order valence-corrected chi connectivity index (χ0v) is 15.1. The van der Waals surface area contributed by atoms with E-state index in [0.717, 1.165) is 4.90 Å². The minimum Gasteiger partial charge on any atom is -0.322 e. The Morgan fingerprint density at radius 3 is 2.81 bits per heavy atom. The summed E-state index contributed by atoms with van der Waals surface area (Å²) < 4.78 is 13.3. The van der Waals surface area contributed by atoms with E-state index in [2.05, 4.69) is 10.3 Å². The second kappa shape index (κ2) is 6.85. The molecule has 1 aromatic heterocycles. The smallest absolute Gasteiger partial charge is 0.260 e. The van der Waals surface area contributed by atoms with Crippen LogP contribution in [0.25, 0.3) is 0 Å². The Kier molecular flexibility index (Phi) is 4.37. The minimum atomic E-state index is -0.423. The highest BCUT2D eigenvalue weighted by Crippen LogP contribution is 2.40. The summed E-state index contributed by atoms with van der Waals surface area (Å²) >= 11 is 1.34. The molecule has 0 saturated carbocycles. The molecule has 4 rings (SSSR count). The van der Waals surface area contributed by atoms with E-state index < -0.39 is 5.82 Å². The first-order chi connectivity index (χ1) is 13.0. The van der Waals surface area contributed by atoms with Crippen LogP contribution in [-0.2, 0) is 0 Å². The summed E-state index contributed by atoms with van der Waals surface area (Å²) in [5.74, 6) is -0.933. The van der Waals surface area contributed by atoms with Crippen molar-refractivity contribution in [1.82, 2.24) is 4.98 Å². The Bertz CT molecular complexity index is 1070. The number of pyridine rings is 1. The summed E-state index contributed by atoms with van der Waals surface area (Å²) in [4.78, 5) is 31.8. The number of halogens is 1. The third-order valence-electron chi connectivity index (χ3n) is 4.18. The molecule has 2 amide bonds. The van der Waals surface area contributed by atoms with Gasteiger partial charge in [0.05, 0.1) is 11.3 Å². The Labute approximate surface area is 159 Å². The molecular weight excluding hydrogens is 365 g/mol. The Morgan fingerprint density at radius 1 is 1.15 bits per heavy atom. The largest absolute Gasteiger partial charge is 0.322 e. The standard InChI is InChI=1S/C20H14FN3O2S/c1-24-16-8-7-12(18(25)23-14-5-2-4-13(21)11-14)10-17(16)27-19-15(20(24)26)6-3-9-22-19/h2-11H,1H3,(H,23,25). The number of nitrogens with zero attached hydrogens (tertiary/aromatic N) is 2. The summed E-state index contributed by atoms with van der Waals surface area (Å²) in [7, 11) is 1.69. The lowest BCUT2D eigenvalue weighted by Crippen LogP contribution is -2.26. The summed E-state index contributed by atoms with van der Waals surface area (Å²) in [5, 5.41) is 3.27. The van der Waals surface area contributed by atoms with Crippen LogP contribution in [0.1, 0.15) is 20.7 Å². The fourth-order valence-corrected chi connectivity index (χ4v) is 3.90. The molecule has 7 heteroatoms. The van der Waals surface area contributed by atoms with Gasteiger partial charge in [0.25, 0.3) is 11.8 Å². The number of aromatic nitrogens is 1. The molecule has 0 atom stereocenters. The predicted molar refractivity (Wildman–Crippen MR) is 102 cm³/mol. The van der Waals surface area contributed by atoms with Crippen LogP contribution in [-0.4, -0.2) is 23.8 Å². The van der Waals surface area contributed by atoms with Crippen LogP contribution in [0.2, 0.25) is 0 Å². The van der Waals surface area contributed by atoms with Crippen LogP contribution in [0.4, 0.5) is 15.8 Å². The van der Waals surface area contributed by atoms with Crippen molar-refractivity contribution in [2.75, 3.05) is 17.3 Å². The van der Waals surface area contributed by atoms with Gasteiger partial charge in [0.15, 0.2) is 0 Å². The van der Waals surface area contributed by atoms with Crippen LogP contribution in [0, 0.1) is 5.82 Å². The van der Waals surface area contributed by atoms with E-state index in [0.29, 0.717) is 27.5 Å². The molecule has 1 aliphatic heterocycles. The number of carbonyl (C=O) groups excluding carboxylic acids is 2. The van der Waals surface area contributed by atoms with E-state index in [1.54, 1.807) is 54.5 Å². The maximum Gasteiger partial charge on any atom is 0.260 e. The van der Waals surface area contributed by atoms with Crippen LogP contribution < -0.4 is 10.2 Å². The molecule has 1 N–H and O–H groups in total. The molecule has 0 aliphatic carbocycles. The molecule has 5 nitrogen and oxygen atoms in total. The number of nitrogens with one attached hydrogen (secondary N) is 1. The number of fused-ring (bicyclic) bond motifs is 2. The van der Waals surface area contributed by atoms with Crippen molar-refractivity contribution in [2.45, 2.75) is 9.92 Å². The Balaban J connectivity index is 1.69. The molecule has 0 radical (unpaired) electrons. The fraction of sp³-hybridized carbons (Fsp3) is 0.0500. The van der Waals surface area contributed by atoms with Gasteiger partial charge in [-0.2, -0.15) is 0 Å². The molecule has 0 bridgehead atoms. The van der Waals surface area contributed by atoms with Crippen molar-refractivity contribution in [3.05, 3.63) is 77.7 Å². The molecule has 2 heterocycles. The van der Waals surface area contributed by atoms with Crippen molar-refractivity contribution >= 4 is 35.0 Å². The van der Waals surface area contributed by atoms with Gasteiger partial charge in [0.2, 0.25) is 0 Å². The van der Waals surface area contributed by atoms with Crippen molar-refractivity contribution < 1.29 is 14.0 Å². The van der Waals surface area contributed by atoms with Gasteiger partial charge >= 0.3 is 0 Å². The molecular formula is C20H14FN3O2S. The zero-order valence-electron chi connectivity index (χ0n) is 14.3. The maximum atomic E-state index is 13.3. The Hall–Kier alpha value is -3.19. The SMILES string of the molecule is CN1C(=O)c2cccnc2Sc2cc(C(=O)Nc3cccc(F)c3)ccc21. The van der Waals surface area contributed by atoms with Crippen LogP contribution in [0.15, 0.2) is 70.7 Å². The van der Waals surface area contributed by atoms with E-state index in [1.165, 1.54) is 30.0 Å². The average Bonchev–Trinajstić information content (AvgIpc) is 2.77. The van der Waals surface area contributed by atoms with Gasteiger partial charge in [-0.3, -0.25) is 9.59 Å². The van der Waals surface area contributed by atoms with E-state index in [9.17, 15) is 14.0 Å². The second-order valence-electron chi connectivity index (χ2n) is 5.97. The summed E-state index contributed by atoms with van der Waals surface area (Å²) in [6, 6.07) is 14.2. The fourth-order valence-electron chi connectivity index (χ4n) is 2.81. The molecule has 0 spiro atoms. The lowest BCUT2D eigenvalue weighted by atomic mass is 10.1. The van der Waals surface area contributed by atoms with Gasteiger partial charge in [-0.25, -0.2) is 9.37 Å². The number of anilines is 2. The minimum absolute atomic E-state index is 0.152. The highest BCUT2D eigenvalue weighted by molar-refractivity contribution is 7.99. The van der Waals surface area contributed by atoms with Crippen LogP contribution >= 0.6 is 11.8 Å². The van der Waals surface area contributed by atoms with Crippen molar-refractivity contribution in [3.8, 4) is 0 Å². The highest BCUT2D eigenvalue weighted by Gasteiger charge is 2.26. The average molecular weight is 379 g/mol. The number of rotatable bonds is 2. The third-order valence-corrected chi connectivity index (χ3v) is 5.24. The zero-order chi connectivity index (χ0) is 19.0. The van der Waals surface area contributed by atoms with Gasteiger partial charge < -0.3 is 10.2 Å². The first kappa shape index (κ1) is 17.2. The maximum absolute atomic E-state index is 13.3. The molecule has 134 valence electrons. The van der Waals surface area contributed by atoms with Crippen LogP contribution in [0.5, 0.6) is 0 Å². The van der Waals surface area contributed by atoms with Crippen LogP contribution in [0.3, 0.4) is 0 Å². The third kappa shape index (κ3) is 3.29. The Morgan fingerprint density at radius 2 is 2.00 bits per heavy atom. The number of benzene rings is 2. The highest BCUT2D eigenvalue weighted by atomic mass is 32.2. The van der Waals surface area contributed by atoms with Crippen molar-refractivity contribution in [3.63, 3.8) is 0 Å². The van der Waals surface area contributed by atoms with Gasteiger partial charge in [0, 0.05) is 29.4 Å². The quantitative estimate of drug-likeness (QED) is 0.724. The molecule has 0 fully saturated rings. The first-order valence-electron chi connectivity index (χ1n) is 8.15. The molecule has 2 aromatic carbocycles. The van der Waals surface area contributed by atoms with E-state index in [1.807, 2.05) is 0 Å². The normalized spacial score (nSPS) is 12.8. The number of amides is 2. The monoisotopic (exact) mass is 379 g/mol. The van der Waals surface area contributed by atoms with Crippen molar-refractivity contribution in [1.29, 1.82) is 0 Å². The van der Waals surface area contributed by atoms with Gasteiger partial charge in [-0.05, 0) is 48.5 Å². The van der Waals surface area contributed by atoms with E-state index in [-0.39, 0.29) is 11.8 Å². The van der Waals surface area contributed by atoms with Gasteiger partial charge in [0.1, 0.15) is 10.8 Å². The number of hydrogen-bond donors (Lipinski definition) is 1. The molecule has 0 unspecified atom stereocenters. The van der Waals surface area contributed by atoms with E-state index in [4.69, 9.17) is 0 Å². The molecule has 0 saturated heterocycles. The summed E-state index contributed by atoms with van der Waals surface area (Å²) in [6.45, 7) is 0. The molecule has 3 aromatic rings. The first-order valence-corrected chi connectivity index (χ1v) is 8.96. The predicted octanol–water partition coefficient (Wildman–Crippen LogP) is 4.21. The summed E-state index contributed by atoms with van der Waals surface area (Å²) in [5.41, 5.74) is 2.00.